The summed E-state index contributed by atoms with van der Waals surface area (Å²) in [5.41, 5.74) is 2.99. The van der Waals surface area contributed by atoms with Gasteiger partial charge in [0.15, 0.2) is 0 Å². The van der Waals surface area contributed by atoms with Crippen LogP contribution in [0.3, 0.4) is 0 Å². The van der Waals surface area contributed by atoms with Gasteiger partial charge in [-0.15, -0.1) is 5.73 Å². The lowest BCUT2D eigenvalue weighted by molar-refractivity contribution is -0.161. The first kappa shape index (κ1) is 18.4. The normalized spacial score (nSPS) is 24.3. The van der Waals surface area contributed by atoms with Crippen LogP contribution in [-0.4, -0.2) is 44.9 Å². The molecule has 1 aliphatic heterocycles. The molecule has 5 nitrogen and oxygen atoms in total. The van der Waals surface area contributed by atoms with Gasteiger partial charge < -0.3 is 14.2 Å². The summed E-state index contributed by atoms with van der Waals surface area (Å²) in [4.78, 5) is 22.2. The van der Waals surface area contributed by atoms with Crippen LogP contribution < -0.4 is 0 Å². The molecule has 122 valence electrons. The predicted octanol–water partition coefficient (Wildman–Crippen LogP) is 2.39. The zero-order valence-corrected chi connectivity index (χ0v) is 14.8. The van der Waals surface area contributed by atoms with Crippen LogP contribution in [-0.2, 0) is 23.8 Å². The molecule has 0 bridgehead atoms. The van der Waals surface area contributed by atoms with Crippen molar-refractivity contribution in [3.63, 3.8) is 0 Å². The van der Waals surface area contributed by atoms with Crippen LogP contribution in [0.25, 0.3) is 0 Å². The van der Waals surface area contributed by atoms with E-state index in [2.05, 4.69) is 32.0 Å². The summed E-state index contributed by atoms with van der Waals surface area (Å²) in [5.74, 6) is -0.810. The third kappa shape index (κ3) is 5.29. The van der Waals surface area contributed by atoms with Gasteiger partial charge in [0, 0.05) is 13.8 Å². The van der Waals surface area contributed by atoms with Crippen molar-refractivity contribution in [2.75, 3.05) is 6.61 Å². The van der Waals surface area contributed by atoms with Gasteiger partial charge >= 0.3 is 11.9 Å². The number of carbonyl (C=O) groups excluding carboxylic acids is 2. The molecule has 0 fully saturated rings. The Morgan fingerprint density at radius 1 is 1.23 bits per heavy atom. The highest BCUT2D eigenvalue weighted by Crippen LogP contribution is 2.26. The molecule has 0 aliphatic carbocycles. The fraction of sp³-hybridized carbons (Fsp3) is 0.562. The van der Waals surface area contributed by atoms with E-state index in [1.54, 1.807) is 6.08 Å². The van der Waals surface area contributed by atoms with E-state index in [1.807, 2.05) is 6.08 Å². The minimum absolute atomic E-state index is 0.0320. The number of rotatable bonds is 5. The van der Waals surface area contributed by atoms with Gasteiger partial charge in [-0.25, -0.2) is 0 Å². The SMILES string of the molecule is C=C=C([C@@H]1C=C[C@H](OC(C)=O)[C@@H](COC(C)=O)O1)[Si](C)(C)C. The van der Waals surface area contributed by atoms with E-state index in [1.165, 1.54) is 13.8 Å². The minimum atomic E-state index is -1.65. The van der Waals surface area contributed by atoms with Gasteiger partial charge in [-0.1, -0.05) is 32.3 Å². The summed E-state index contributed by atoms with van der Waals surface area (Å²) in [7, 11) is -1.65. The molecule has 0 aromatic rings. The lowest BCUT2D eigenvalue weighted by Gasteiger charge is -2.34. The quantitative estimate of drug-likeness (QED) is 0.336. The molecule has 1 rings (SSSR count). The Kier molecular flexibility index (Phi) is 6.35. The first-order chi connectivity index (χ1) is 10.1. The van der Waals surface area contributed by atoms with Gasteiger partial charge in [0.1, 0.15) is 24.9 Å². The van der Waals surface area contributed by atoms with E-state index >= 15 is 0 Å². The van der Waals surface area contributed by atoms with Gasteiger partial charge in [-0.2, -0.15) is 0 Å². The Labute approximate surface area is 132 Å². The van der Waals surface area contributed by atoms with Crippen molar-refractivity contribution >= 4 is 20.0 Å². The number of hydrogen-bond acceptors (Lipinski definition) is 5. The summed E-state index contributed by atoms with van der Waals surface area (Å²) in [6.45, 7) is 13.0. The van der Waals surface area contributed by atoms with Gasteiger partial charge in [0.2, 0.25) is 0 Å². The predicted molar refractivity (Wildman–Crippen MR) is 86.0 cm³/mol. The van der Waals surface area contributed by atoms with E-state index in [-0.39, 0.29) is 12.7 Å². The van der Waals surface area contributed by atoms with Crippen molar-refractivity contribution in [1.82, 2.24) is 0 Å². The molecule has 0 saturated heterocycles. The van der Waals surface area contributed by atoms with Crippen LogP contribution in [0.4, 0.5) is 0 Å². The fourth-order valence-corrected chi connectivity index (χ4v) is 3.79. The summed E-state index contributed by atoms with van der Waals surface area (Å²) in [5, 5.41) is 1.03. The standard InChI is InChI=1S/C16H24O5Si/c1-7-16(22(4,5)6)14-9-8-13(20-12(3)18)15(21-14)10-19-11(2)17/h8-9,13-15H,1,10H2,2-6H3/t13-,14-,15+/m0/s1. The van der Waals surface area contributed by atoms with Crippen molar-refractivity contribution in [3.8, 4) is 0 Å². The molecule has 0 spiro atoms. The summed E-state index contributed by atoms with van der Waals surface area (Å²) < 4.78 is 16.2. The molecule has 6 heteroatoms. The molecular formula is C16H24O5Si. The minimum Gasteiger partial charge on any atom is -0.463 e. The number of carbonyl (C=O) groups is 2. The molecule has 0 amide bonds. The maximum absolute atomic E-state index is 11.2. The largest absolute Gasteiger partial charge is 0.463 e. The number of esters is 2. The highest BCUT2D eigenvalue weighted by atomic mass is 28.3. The average Bonchev–Trinajstić information content (AvgIpc) is 2.37. The van der Waals surface area contributed by atoms with Crippen LogP contribution in [0, 0.1) is 0 Å². The lowest BCUT2D eigenvalue weighted by atomic mass is 10.1. The topological polar surface area (TPSA) is 61.8 Å². The number of hydrogen-bond donors (Lipinski definition) is 0. The van der Waals surface area contributed by atoms with Crippen LogP contribution in [0.5, 0.6) is 0 Å². The molecule has 0 saturated carbocycles. The molecule has 1 heterocycles. The van der Waals surface area contributed by atoms with Crippen molar-refractivity contribution in [2.24, 2.45) is 0 Å². The van der Waals surface area contributed by atoms with Crippen molar-refractivity contribution in [1.29, 1.82) is 0 Å². The van der Waals surface area contributed by atoms with Crippen molar-refractivity contribution in [3.05, 3.63) is 29.7 Å². The summed E-state index contributed by atoms with van der Waals surface area (Å²) in [6, 6.07) is 0. The first-order valence-corrected chi connectivity index (χ1v) is 10.7. The van der Waals surface area contributed by atoms with Crippen LogP contribution >= 0.6 is 0 Å². The van der Waals surface area contributed by atoms with E-state index in [4.69, 9.17) is 14.2 Å². The fourth-order valence-electron chi connectivity index (χ4n) is 2.24. The first-order valence-electron chi connectivity index (χ1n) is 7.20. The Hall–Kier alpha value is -1.62. The van der Waals surface area contributed by atoms with Gasteiger partial charge in [-0.3, -0.25) is 9.59 Å². The number of ether oxygens (including phenoxy) is 3. The average molecular weight is 324 g/mol. The Morgan fingerprint density at radius 2 is 1.86 bits per heavy atom. The molecule has 0 aromatic heterocycles. The highest BCUT2D eigenvalue weighted by molar-refractivity contribution is 6.83. The van der Waals surface area contributed by atoms with E-state index in [0.29, 0.717) is 0 Å². The zero-order chi connectivity index (χ0) is 16.9. The zero-order valence-electron chi connectivity index (χ0n) is 13.8. The monoisotopic (exact) mass is 324 g/mol. The molecule has 0 aromatic carbocycles. The lowest BCUT2D eigenvalue weighted by Crippen LogP contribution is -2.44. The molecule has 22 heavy (non-hydrogen) atoms. The Balaban J connectivity index is 2.96. The second-order valence-electron chi connectivity index (χ2n) is 6.20. The molecular weight excluding hydrogens is 300 g/mol. The van der Waals surface area contributed by atoms with Crippen molar-refractivity contribution < 1.29 is 23.8 Å². The van der Waals surface area contributed by atoms with Gasteiger partial charge in [-0.05, 0) is 11.3 Å². The highest BCUT2D eigenvalue weighted by Gasteiger charge is 2.35. The van der Waals surface area contributed by atoms with Gasteiger partial charge in [0.05, 0.1) is 8.07 Å². The summed E-state index contributed by atoms with van der Waals surface area (Å²) in [6.07, 6.45) is 2.24. The van der Waals surface area contributed by atoms with E-state index in [0.717, 1.165) is 5.20 Å². The van der Waals surface area contributed by atoms with Crippen LogP contribution in [0.1, 0.15) is 13.8 Å². The summed E-state index contributed by atoms with van der Waals surface area (Å²) >= 11 is 0. The van der Waals surface area contributed by atoms with Crippen molar-refractivity contribution in [2.45, 2.75) is 51.8 Å². The molecule has 1 aliphatic rings. The van der Waals surface area contributed by atoms with Crippen LogP contribution in [0.2, 0.25) is 19.6 Å². The van der Waals surface area contributed by atoms with Gasteiger partial charge in [0.25, 0.3) is 0 Å². The molecule has 0 N–H and O–H groups in total. The van der Waals surface area contributed by atoms with Crippen LogP contribution in [0.15, 0.2) is 29.7 Å². The van der Waals surface area contributed by atoms with E-state index < -0.39 is 32.2 Å². The third-order valence-corrected chi connectivity index (χ3v) is 5.28. The maximum Gasteiger partial charge on any atom is 0.303 e. The molecule has 0 unspecified atom stereocenters. The second-order valence-corrected chi connectivity index (χ2v) is 11.2. The molecule has 3 atom stereocenters. The Bertz CT molecular complexity index is 511. The third-order valence-electron chi connectivity index (χ3n) is 3.20. The Morgan fingerprint density at radius 3 is 2.32 bits per heavy atom. The smallest absolute Gasteiger partial charge is 0.303 e. The second kappa shape index (κ2) is 7.58. The molecule has 0 radical (unpaired) electrons. The van der Waals surface area contributed by atoms with E-state index in [9.17, 15) is 9.59 Å². The maximum atomic E-state index is 11.2.